The van der Waals surface area contributed by atoms with E-state index in [0.29, 0.717) is 23.4 Å². The molecule has 0 radical (unpaired) electrons. The second kappa shape index (κ2) is 5.83. The molecule has 0 heterocycles. The molecular weight excluding hydrogens is 278 g/mol. The number of carboxylic acid groups (broad SMARTS) is 1. The van der Waals surface area contributed by atoms with Crippen LogP contribution in [0.3, 0.4) is 0 Å². The minimum absolute atomic E-state index is 0.0395. The summed E-state index contributed by atoms with van der Waals surface area (Å²) in [4.78, 5) is 23.4. The number of halogens is 1. The number of benzene rings is 1. The van der Waals surface area contributed by atoms with Crippen molar-refractivity contribution in [3.8, 4) is 0 Å². The first kappa shape index (κ1) is 14.9. The minimum atomic E-state index is -0.887. The minimum Gasteiger partial charge on any atom is -0.481 e. The third-order valence-corrected chi connectivity index (χ3v) is 4.37. The van der Waals surface area contributed by atoms with Crippen LogP contribution >= 0.6 is 11.6 Å². The molecule has 0 atom stereocenters. The lowest BCUT2D eigenvalue weighted by molar-refractivity contribution is -0.138. The van der Waals surface area contributed by atoms with E-state index in [9.17, 15) is 9.59 Å². The van der Waals surface area contributed by atoms with Gasteiger partial charge in [0.05, 0.1) is 22.5 Å². The van der Waals surface area contributed by atoms with E-state index >= 15 is 0 Å². The first-order valence-electron chi connectivity index (χ1n) is 6.73. The molecule has 0 unspecified atom stereocenters. The molecule has 20 heavy (non-hydrogen) atoms. The lowest BCUT2D eigenvalue weighted by atomic mass is 9.92. The van der Waals surface area contributed by atoms with Crippen LogP contribution in [0.15, 0.2) is 18.2 Å². The number of amides is 1. The van der Waals surface area contributed by atoms with Crippen molar-refractivity contribution in [3.63, 3.8) is 0 Å². The number of carboxylic acids is 1. The number of nitrogens with one attached hydrogen (secondary N) is 1. The molecule has 0 bridgehead atoms. The molecule has 2 rings (SSSR count). The molecule has 1 aliphatic rings. The number of hydrogen-bond acceptors (Lipinski definition) is 2. The number of aryl methyl sites for hydroxylation is 1. The number of carbonyl (C=O) groups is 2. The monoisotopic (exact) mass is 295 g/mol. The van der Waals surface area contributed by atoms with E-state index in [2.05, 4.69) is 5.32 Å². The van der Waals surface area contributed by atoms with Crippen LogP contribution < -0.4 is 5.32 Å². The van der Waals surface area contributed by atoms with Gasteiger partial charge >= 0.3 is 5.97 Å². The molecule has 1 amide bonds. The largest absolute Gasteiger partial charge is 0.481 e. The number of hydrogen-bond donors (Lipinski definition) is 2. The highest BCUT2D eigenvalue weighted by Gasteiger charge is 2.37. The van der Waals surface area contributed by atoms with Crippen molar-refractivity contribution in [2.45, 2.75) is 44.6 Å². The van der Waals surface area contributed by atoms with Crippen molar-refractivity contribution < 1.29 is 14.7 Å². The SMILES string of the molecule is Cc1cccc(C(=O)NC2(CC(=O)O)CCCC2)c1Cl. The molecule has 2 N–H and O–H groups in total. The zero-order valence-electron chi connectivity index (χ0n) is 11.4. The predicted molar refractivity (Wildman–Crippen MR) is 77.1 cm³/mol. The first-order chi connectivity index (χ1) is 9.43. The predicted octanol–water partition coefficient (Wildman–Crippen LogP) is 3.17. The van der Waals surface area contributed by atoms with Crippen LogP contribution in [0.2, 0.25) is 5.02 Å². The van der Waals surface area contributed by atoms with Gasteiger partial charge < -0.3 is 10.4 Å². The Morgan fingerprint density at radius 3 is 2.60 bits per heavy atom. The molecule has 1 fully saturated rings. The summed E-state index contributed by atoms with van der Waals surface area (Å²) in [5.74, 6) is -1.18. The van der Waals surface area contributed by atoms with E-state index in [1.807, 2.05) is 13.0 Å². The quantitative estimate of drug-likeness (QED) is 0.896. The molecule has 0 aromatic heterocycles. The average molecular weight is 296 g/mol. The third kappa shape index (κ3) is 3.12. The van der Waals surface area contributed by atoms with Gasteiger partial charge in [-0.1, -0.05) is 36.6 Å². The summed E-state index contributed by atoms with van der Waals surface area (Å²) < 4.78 is 0. The molecular formula is C15H18ClNO3. The summed E-state index contributed by atoms with van der Waals surface area (Å²) in [6, 6.07) is 5.27. The Balaban J connectivity index is 2.20. The Hall–Kier alpha value is -1.55. The standard InChI is InChI=1S/C15H18ClNO3/c1-10-5-4-6-11(13(10)16)14(20)17-15(9-12(18)19)7-2-3-8-15/h4-6H,2-3,7-9H2,1H3,(H,17,20)(H,18,19). The van der Waals surface area contributed by atoms with Gasteiger partial charge in [0, 0.05) is 0 Å². The molecule has 1 aliphatic carbocycles. The van der Waals surface area contributed by atoms with Gasteiger partial charge in [0.25, 0.3) is 5.91 Å². The van der Waals surface area contributed by atoms with Gasteiger partial charge in [0.2, 0.25) is 0 Å². The highest BCUT2D eigenvalue weighted by Crippen LogP contribution is 2.33. The smallest absolute Gasteiger partial charge is 0.305 e. The van der Waals surface area contributed by atoms with Crippen LogP contribution in [0.5, 0.6) is 0 Å². The summed E-state index contributed by atoms with van der Waals surface area (Å²) in [6.45, 7) is 1.84. The highest BCUT2D eigenvalue weighted by molar-refractivity contribution is 6.34. The maximum Gasteiger partial charge on any atom is 0.305 e. The van der Waals surface area contributed by atoms with Crippen LogP contribution in [0, 0.1) is 6.92 Å². The molecule has 5 heteroatoms. The number of rotatable bonds is 4. The van der Waals surface area contributed by atoms with Gasteiger partial charge in [0.1, 0.15) is 0 Å². The Labute approximate surface area is 123 Å². The summed E-state index contributed by atoms with van der Waals surface area (Å²) in [5.41, 5.74) is 0.608. The molecule has 4 nitrogen and oxygen atoms in total. The number of carbonyl (C=O) groups excluding carboxylic acids is 1. The van der Waals surface area contributed by atoms with Crippen LogP contribution in [0.25, 0.3) is 0 Å². The van der Waals surface area contributed by atoms with Crippen molar-refractivity contribution in [1.29, 1.82) is 0 Å². The van der Waals surface area contributed by atoms with Crippen LogP contribution in [0.1, 0.15) is 48.0 Å². The van der Waals surface area contributed by atoms with Crippen molar-refractivity contribution in [2.75, 3.05) is 0 Å². The van der Waals surface area contributed by atoms with Gasteiger partial charge in [-0.25, -0.2) is 0 Å². The van der Waals surface area contributed by atoms with Crippen LogP contribution in [-0.2, 0) is 4.79 Å². The fraction of sp³-hybridized carbons (Fsp3) is 0.467. The summed E-state index contributed by atoms with van der Waals surface area (Å²) in [7, 11) is 0. The zero-order chi connectivity index (χ0) is 14.8. The van der Waals surface area contributed by atoms with Crippen LogP contribution in [0.4, 0.5) is 0 Å². The van der Waals surface area contributed by atoms with E-state index in [-0.39, 0.29) is 12.3 Å². The zero-order valence-corrected chi connectivity index (χ0v) is 12.2. The lowest BCUT2D eigenvalue weighted by Gasteiger charge is -2.29. The second-order valence-electron chi connectivity index (χ2n) is 5.45. The molecule has 1 aromatic rings. The fourth-order valence-corrected chi connectivity index (χ4v) is 3.03. The third-order valence-electron chi connectivity index (χ3n) is 3.87. The summed E-state index contributed by atoms with van der Waals surface area (Å²) in [5, 5.41) is 12.4. The van der Waals surface area contributed by atoms with Crippen molar-refractivity contribution in [2.24, 2.45) is 0 Å². The Kier molecular flexibility index (Phi) is 4.33. The molecule has 0 aliphatic heterocycles. The normalized spacial score (nSPS) is 16.9. The van der Waals surface area contributed by atoms with Crippen LogP contribution in [-0.4, -0.2) is 22.5 Å². The Morgan fingerprint density at radius 1 is 1.35 bits per heavy atom. The van der Waals surface area contributed by atoms with E-state index in [1.165, 1.54) is 0 Å². The molecule has 108 valence electrons. The van der Waals surface area contributed by atoms with E-state index in [1.54, 1.807) is 12.1 Å². The Morgan fingerprint density at radius 2 is 2.00 bits per heavy atom. The number of aliphatic carboxylic acids is 1. The van der Waals surface area contributed by atoms with Crippen molar-refractivity contribution in [1.82, 2.24) is 5.32 Å². The van der Waals surface area contributed by atoms with Gasteiger partial charge in [-0.15, -0.1) is 0 Å². The van der Waals surface area contributed by atoms with Crippen molar-refractivity contribution >= 4 is 23.5 Å². The molecule has 1 aromatic carbocycles. The van der Waals surface area contributed by atoms with Gasteiger partial charge in [-0.05, 0) is 31.4 Å². The molecule has 1 saturated carbocycles. The van der Waals surface area contributed by atoms with Crippen molar-refractivity contribution in [3.05, 3.63) is 34.3 Å². The molecule has 0 saturated heterocycles. The maximum absolute atomic E-state index is 12.4. The fourth-order valence-electron chi connectivity index (χ4n) is 2.82. The van der Waals surface area contributed by atoms with Gasteiger partial charge in [0.15, 0.2) is 0 Å². The Bertz CT molecular complexity index is 536. The second-order valence-corrected chi connectivity index (χ2v) is 5.83. The first-order valence-corrected chi connectivity index (χ1v) is 7.11. The lowest BCUT2D eigenvalue weighted by Crippen LogP contribution is -2.47. The average Bonchev–Trinajstić information content (AvgIpc) is 2.79. The van der Waals surface area contributed by atoms with E-state index in [4.69, 9.17) is 16.7 Å². The maximum atomic E-state index is 12.4. The molecule has 0 spiro atoms. The van der Waals surface area contributed by atoms with E-state index < -0.39 is 11.5 Å². The van der Waals surface area contributed by atoms with Gasteiger partial charge in [-0.2, -0.15) is 0 Å². The topological polar surface area (TPSA) is 66.4 Å². The van der Waals surface area contributed by atoms with E-state index in [0.717, 1.165) is 18.4 Å². The summed E-state index contributed by atoms with van der Waals surface area (Å²) >= 11 is 6.15. The summed E-state index contributed by atoms with van der Waals surface area (Å²) in [6.07, 6.45) is 3.25. The highest BCUT2D eigenvalue weighted by atomic mass is 35.5. The van der Waals surface area contributed by atoms with Gasteiger partial charge in [-0.3, -0.25) is 9.59 Å².